The molecule has 0 aliphatic heterocycles. The molecule has 0 heterocycles. The molecule has 5 nitrogen and oxygen atoms in total. The molecule has 0 atom stereocenters. The Hall–Kier alpha value is -1.70. The van der Waals surface area contributed by atoms with E-state index in [2.05, 4.69) is 30.7 Å². The number of carbonyl (C=O) groups is 1. The van der Waals surface area contributed by atoms with Crippen molar-refractivity contribution in [3.05, 3.63) is 28.2 Å². The van der Waals surface area contributed by atoms with E-state index in [-0.39, 0.29) is 11.3 Å². The van der Waals surface area contributed by atoms with Gasteiger partial charge in [-0.3, -0.25) is 0 Å². The summed E-state index contributed by atoms with van der Waals surface area (Å²) < 4.78 is 29.1. The number of halogens is 3. The number of hydrogen-bond donors (Lipinski definition) is 1. The number of carboxylic acids is 1. The van der Waals surface area contributed by atoms with Crippen LogP contribution >= 0.6 is 15.9 Å². The van der Waals surface area contributed by atoms with E-state index in [1.165, 1.54) is 18.2 Å². The summed E-state index contributed by atoms with van der Waals surface area (Å²) in [6.07, 6.45) is 1.09. The highest BCUT2D eigenvalue weighted by Gasteiger charge is 2.09. The van der Waals surface area contributed by atoms with Gasteiger partial charge in [0.1, 0.15) is 5.75 Å². The molecule has 0 saturated carbocycles. The van der Waals surface area contributed by atoms with Gasteiger partial charge in [0.25, 0.3) is 0 Å². The van der Waals surface area contributed by atoms with Crippen molar-refractivity contribution in [1.29, 1.82) is 0 Å². The van der Waals surface area contributed by atoms with E-state index in [1.54, 1.807) is 0 Å². The molecular weight excluding hydrogens is 316 g/mol. The highest BCUT2D eigenvalue weighted by molar-refractivity contribution is 9.10. The van der Waals surface area contributed by atoms with Crippen LogP contribution in [0.25, 0.3) is 0 Å². The van der Waals surface area contributed by atoms with Crippen LogP contribution in [0.5, 0.6) is 5.75 Å². The van der Waals surface area contributed by atoms with Gasteiger partial charge in [-0.1, -0.05) is 21.1 Å². The van der Waals surface area contributed by atoms with E-state index < -0.39 is 19.2 Å². The zero-order valence-corrected chi connectivity index (χ0v) is 10.4. The largest absolute Gasteiger partial charge is 0.479 e. The van der Waals surface area contributed by atoms with Crippen molar-refractivity contribution in [3.8, 4) is 5.75 Å². The van der Waals surface area contributed by atoms with Gasteiger partial charge >= 0.3 is 12.6 Å². The zero-order chi connectivity index (χ0) is 13.5. The molecule has 1 aromatic carbocycles. The third-order valence-corrected chi connectivity index (χ3v) is 2.14. The summed E-state index contributed by atoms with van der Waals surface area (Å²) in [6, 6.07) is 4.33. The van der Waals surface area contributed by atoms with Crippen molar-refractivity contribution >= 4 is 28.1 Å². The van der Waals surface area contributed by atoms with Crippen molar-refractivity contribution in [2.75, 3.05) is 6.61 Å². The van der Waals surface area contributed by atoms with Crippen LogP contribution in [0.2, 0.25) is 0 Å². The Morgan fingerprint density at radius 2 is 2.28 bits per heavy atom. The van der Waals surface area contributed by atoms with Crippen LogP contribution in [0.4, 0.5) is 8.78 Å². The molecule has 18 heavy (non-hydrogen) atoms. The molecule has 8 heteroatoms. The number of aliphatic carboxylic acids is 1. The molecule has 0 aliphatic rings. The summed E-state index contributed by atoms with van der Waals surface area (Å²) in [5.74, 6) is -1.28. The Morgan fingerprint density at radius 3 is 2.89 bits per heavy atom. The topological polar surface area (TPSA) is 68.1 Å². The van der Waals surface area contributed by atoms with Crippen molar-refractivity contribution in [2.45, 2.75) is 6.61 Å². The molecule has 98 valence electrons. The van der Waals surface area contributed by atoms with E-state index in [0.29, 0.717) is 4.47 Å². The van der Waals surface area contributed by atoms with Crippen LogP contribution in [0.1, 0.15) is 5.56 Å². The minimum atomic E-state index is -2.96. The maximum atomic E-state index is 12.1. The fourth-order valence-electron chi connectivity index (χ4n) is 1.01. The van der Waals surface area contributed by atoms with Gasteiger partial charge in [0, 0.05) is 10.0 Å². The SMILES string of the molecule is O=C(O)CON=Cc1cc(Br)ccc1OC(F)F. The molecule has 0 unspecified atom stereocenters. The molecule has 1 aromatic rings. The molecule has 0 aromatic heterocycles. The van der Waals surface area contributed by atoms with Gasteiger partial charge in [-0.25, -0.2) is 4.79 Å². The number of rotatable bonds is 6. The monoisotopic (exact) mass is 323 g/mol. The summed E-state index contributed by atoms with van der Waals surface area (Å²) in [7, 11) is 0. The van der Waals surface area contributed by atoms with Crippen molar-refractivity contribution in [1.82, 2.24) is 0 Å². The van der Waals surface area contributed by atoms with Gasteiger partial charge < -0.3 is 14.7 Å². The molecule has 0 fully saturated rings. The molecule has 0 aliphatic carbocycles. The Kier molecular flexibility index (Phi) is 5.50. The molecule has 0 bridgehead atoms. The lowest BCUT2D eigenvalue weighted by atomic mass is 10.2. The highest BCUT2D eigenvalue weighted by Crippen LogP contribution is 2.23. The lowest BCUT2D eigenvalue weighted by Gasteiger charge is -2.07. The van der Waals surface area contributed by atoms with E-state index in [4.69, 9.17) is 5.11 Å². The van der Waals surface area contributed by atoms with E-state index in [9.17, 15) is 13.6 Å². The molecular formula is C10H8BrF2NO4. The number of alkyl halides is 2. The van der Waals surface area contributed by atoms with Gasteiger partial charge in [-0.05, 0) is 18.2 Å². The molecule has 0 spiro atoms. The summed E-state index contributed by atoms with van der Waals surface area (Å²) in [6.45, 7) is -3.58. The van der Waals surface area contributed by atoms with Crippen LogP contribution in [-0.4, -0.2) is 30.5 Å². The van der Waals surface area contributed by atoms with Crippen LogP contribution < -0.4 is 4.74 Å². The first-order valence-corrected chi connectivity index (χ1v) is 5.40. The van der Waals surface area contributed by atoms with E-state index >= 15 is 0 Å². The maximum Gasteiger partial charge on any atom is 0.387 e. The average Bonchev–Trinajstić information content (AvgIpc) is 2.27. The lowest BCUT2D eigenvalue weighted by Crippen LogP contribution is -2.05. The average molecular weight is 324 g/mol. The first-order valence-electron chi connectivity index (χ1n) is 4.60. The number of nitrogens with zero attached hydrogens (tertiary/aromatic N) is 1. The molecule has 1 N–H and O–H groups in total. The Labute approximate surface area is 109 Å². The number of ether oxygens (including phenoxy) is 1. The van der Waals surface area contributed by atoms with Gasteiger partial charge in [0.2, 0.25) is 6.61 Å². The normalized spacial score (nSPS) is 10.9. The van der Waals surface area contributed by atoms with Crippen LogP contribution in [0, 0.1) is 0 Å². The second-order valence-electron chi connectivity index (χ2n) is 2.96. The third-order valence-electron chi connectivity index (χ3n) is 1.64. The number of oxime groups is 1. The van der Waals surface area contributed by atoms with Gasteiger partial charge in [0.05, 0.1) is 6.21 Å². The second-order valence-corrected chi connectivity index (χ2v) is 3.88. The van der Waals surface area contributed by atoms with Gasteiger partial charge in [-0.2, -0.15) is 8.78 Å². The number of benzene rings is 1. The molecule has 0 amide bonds. The predicted molar refractivity (Wildman–Crippen MR) is 62.0 cm³/mol. The smallest absolute Gasteiger partial charge is 0.387 e. The fraction of sp³-hybridized carbons (Fsp3) is 0.200. The van der Waals surface area contributed by atoms with Crippen molar-refractivity contribution in [3.63, 3.8) is 0 Å². The van der Waals surface area contributed by atoms with Crippen molar-refractivity contribution in [2.24, 2.45) is 5.16 Å². The predicted octanol–water partition coefficient (Wildman–Crippen LogP) is 2.49. The standard InChI is InChI=1S/C10H8BrF2NO4/c11-7-1-2-8(18-10(12)13)6(3-7)4-14-17-5-9(15)16/h1-4,10H,5H2,(H,15,16). The number of hydrogen-bond acceptors (Lipinski definition) is 4. The summed E-state index contributed by atoms with van der Waals surface area (Å²) in [5, 5.41) is 11.6. The van der Waals surface area contributed by atoms with Crippen LogP contribution in [0.15, 0.2) is 27.8 Å². The highest BCUT2D eigenvalue weighted by atomic mass is 79.9. The summed E-state index contributed by atoms with van der Waals surface area (Å²) in [4.78, 5) is 14.6. The second kappa shape index (κ2) is 6.90. The Balaban J connectivity index is 2.78. The van der Waals surface area contributed by atoms with Crippen LogP contribution in [0.3, 0.4) is 0 Å². The van der Waals surface area contributed by atoms with E-state index in [0.717, 1.165) is 6.21 Å². The first kappa shape index (κ1) is 14.4. The van der Waals surface area contributed by atoms with E-state index in [1.807, 2.05) is 0 Å². The minimum absolute atomic E-state index is 0.0872. The van der Waals surface area contributed by atoms with Crippen molar-refractivity contribution < 1.29 is 28.3 Å². The van der Waals surface area contributed by atoms with Gasteiger partial charge in [0.15, 0.2) is 0 Å². The van der Waals surface area contributed by atoms with Gasteiger partial charge in [-0.15, -0.1) is 0 Å². The Morgan fingerprint density at radius 1 is 1.56 bits per heavy atom. The summed E-state index contributed by atoms with van der Waals surface area (Å²) in [5.41, 5.74) is 0.232. The van der Waals surface area contributed by atoms with Crippen LogP contribution in [-0.2, 0) is 9.63 Å². The summed E-state index contributed by atoms with van der Waals surface area (Å²) >= 11 is 3.16. The first-order chi connectivity index (χ1) is 8.49. The number of carboxylic acid groups (broad SMARTS) is 1. The fourth-order valence-corrected chi connectivity index (χ4v) is 1.39. The Bertz CT molecular complexity index is 454. The lowest BCUT2D eigenvalue weighted by molar-refractivity contribution is -0.142. The molecule has 0 saturated heterocycles. The molecule has 0 radical (unpaired) electrons. The third kappa shape index (κ3) is 5.09. The minimum Gasteiger partial charge on any atom is -0.479 e. The zero-order valence-electron chi connectivity index (χ0n) is 8.85. The quantitative estimate of drug-likeness (QED) is 0.645. The molecule has 1 rings (SSSR count). The maximum absolute atomic E-state index is 12.1.